The van der Waals surface area contributed by atoms with Gasteiger partial charge >= 0.3 is 0 Å². The van der Waals surface area contributed by atoms with Gasteiger partial charge in [-0.05, 0) is 38.5 Å². The third-order valence-electron chi connectivity index (χ3n) is 6.16. The molecule has 0 aliphatic carbocycles. The Morgan fingerprint density at radius 2 is 0.833 bits per heavy atom. The van der Waals surface area contributed by atoms with Crippen molar-refractivity contribution in [3.8, 4) is 0 Å². The maximum absolute atomic E-state index is 3.54. The topological polar surface area (TPSA) is 24.1 Å². The molecule has 0 radical (unpaired) electrons. The summed E-state index contributed by atoms with van der Waals surface area (Å²) in [6.07, 6.45) is 19.9. The minimum Gasteiger partial charge on any atom is -0.255 e. The molecule has 144 valence electrons. The van der Waals surface area contributed by atoms with Crippen LogP contribution >= 0.6 is 0 Å². The predicted molar refractivity (Wildman–Crippen MR) is 108 cm³/mol. The molecule has 4 atom stereocenters. The second-order valence-electron chi connectivity index (χ2n) is 8.31. The van der Waals surface area contributed by atoms with Crippen LogP contribution in [0.4, 0.5) is 0 Å². The fourth-order valence-electron chi connectivity index (χ4n) is 4.47. The number of rotatable bonds is 14. The Morgan fingerprint density at radius 3 is 1.21 bits per heavy atom. The Balaban J connectivity index is 2.28. The minimum absolute atomic E-state index is 0.627. The molecule has 0 aromatic rings. The molecule has 0 bridgehead atoms. The van der Waals surface area contributed by atoms with E-state index in [0.717, 1.165) is 11.8 Å². The smallest absolute Gasteiger partial charge is 0.0216 e. The largest absolute Gasteiger partial charge is 0.255 e. The maximum atomic E-state index is 3.54. The summed E-state index contributed by atoms with van der Waals surface area (Å²) in [7, 11) is 0. The van der Waals surface area contributed by atoms with E-state index in [1.54, 1.807) is 0 Å². The Bertz CT molecular complexity index is 251. The number of unbranched alkanes of at least 4 members (excludes halogenated alkanes) is 10. The van der Waals surface area contributed by atoms with Gasteiger partial charge in [-0.15, -0.1) is 0 Å². The lowest BCUT2D eigenvalue weighted by atomic mass is 9.75. The summed E-state index contributed by atoms with van der Waals surface area (Å²) in [5, 5.41) is 0. The SMILES string of the molecule is CCCCCCCCC1C(C)NNC(C)C1CCCCCCCC. The second-order valence-corrected chi connectivity index (χ2v) is 8.31. The van der Waals surface area contributed by atoms with E-state index in [1.807, 2.05) is 0 Å². The zero-order valence-electron chi connectivity index (χ0n) is 17.2. The summed E-state index contributed by atoms with van der Waals surface area (Å²) in [5.74, 6) is 1.73. The van der Waals surface area contributed by atoms with Gasteiger partial charge in [-0.2, -0.15) is 0 Å². The lowest BCUT2D eigenvalue weighted by Crippen LogP contribution is -2.58. The highest BCUT2D eigenvalue weighted by molar-refractivity contribution is 4.88. The van der Waals surface area contributed by atoms with Crippen molar-refractivity contribution in [3.05, 3.63) is 0 Å². The molecule has 1 aliphatic heterocycles. The van der Waals surface area contributed by atoms with Crippen molar-refractivity contribution >= 4 is 0 Å². The molecular weight excluding hydrogens is 292 g/mol. The quantitative estimate of drug-likeness (QED) is 0.348. The molecule has 1 rings (SSSR count). The van der Waals surface area contributed by atoms with E-state index in [1.165, 1.54) is 89.9 Å². The van der Waals surface area contributed by atoms with Crippen LogP contribution in [0.15, 0.2) is 0 Å². The van der Waals surface area contributed by atoms with Crippen molar-refractivity contribution in [1.29, 1.82) is 0 Å². The molecule has 4 unspecified atom stereocenters. The van der Waals surface area contributed by atoms with Crippen molar-refractivity contribution in [1.82, 2.24) is 10.9 Å². The van der Waals surface area contributed by atoms with Crippen LogP contribution in [0.2, 0.25) is 0 Å². The van der Waals surface area contributed by atoms with Gasteiger partial charge in [-0.1, -0.05) is 90.9 Å². The molecule has 24 heavy (non-hydrogen) atoms. The molecule has 2 nitrogen and oxygen atoms in total. The Kier molecular flexibility index (Phi) is 12.9. The van der Waals surface area contributed by atoms with E-state index in [4.69, 9.17) is 0 Å². The van der Waals surface area contributed by atoms with Crippen LogP contribution < -0.4 is 10.9 Å². The second kappa shape index (κ2) is 14.1. The highest BCUT2D eigenvalue weighted by Gasteiger charge is 2.33. The van der Waals surface area contributed by atoms with Crippen LogP contribution in [0, 0.1) is 11.8 Å². The summed E-state index contributed by atoms with van der Waals surface area (Å²) in [4.78, 5) is 0. The molecule has 2 heteroatoms. The van der Waals surface area contributed by atoms with Crippen LogP contribution in [0.5, 0.6) is 0 Å². The van der Waals surface area contributed by atoms with Crippen LogP contribution in [0.25, 0.3) is 0 Å². The van der Waals surface area contributed by atoms with Crippen molar-refractivity contribution in [3.63, 3.8) is 0 Å². The van der Waals surface area contributed by atoms with Crippen LogP contribution in [-0.2, 0) is 0 Å². The summed E-state index contributed by atoms with van der Waals surface area (Å²) in [6, 6.07) is 1.25. The van der Waals surface area contributed by atoms with Gasteiger partial charge in [0.15, 0.2) is 0 Å². The van der Waals surface area contributed by atoms with Crippen LogP contribution in [-0.4, -0.2) is 12.1 Å². The third-order valence-corrected chi connectivity index (χ3v) is 6.16. The van der Waals surface area contributed by atoms with Gasteiger partial charge < -0.3 is 0 Å². The first-order valence-electron chi connectivity index (χ1n) is 11.2. The van der Waals surface area contributed by atoms with E-state index >= 15 is 0 Å². The monoisotopic (exact) mass is 338 g/mol. The van der Waals surface area contributed by atoms with Crippen molar-refractivity contribution < 1.29 is 0 Å². The Morgan fingerprint density at radius 1 is 0.500 bits per heavy atom. The number of hydrogen-bond donors (Lipinski definition) is 2. The Hall–Kier alpha value is -0.0800. The maximum Gasteiger partial charge on any atom is 0.0216 e. The van der Waals surface area contributed by atoms with E-state index in [-0.39, 0.29) is 0 Å². The van der Waals surface area contributed by atoms with Gasteiger partial charge in [0.2, 0.25) is 0 Å². The van der Waals surface area contributed by atoms with Crippen LogP contribution in [0.3, 0.4) is 0 Å². The lowest BCUT2D eigenvalue weighted by molar-refractivity contribution is 0.108. The zero-order chi connectivity index (χ0) is 17.6. The average molecular weight is 339 g/mol. The fourth-order valence-corrected chi connectivity index (χ4v) is 4.47. The average Bonchev–Trinajstić information content (AvgIpc) is 2.58. The molecular formula is C22H46N2. The van der Waals surface area contributed by atoms with Crippen LogP contribution in [0.1, 0.15) is 118 Å². The number of nitrogens with one attached hydrogen (secondary N) is 2. The summed E-state index contributed by atoms with van der Waals surface area (Å²) >= 11 is 0. The van der Waals surface area contributed by atoms with E-state index in [2.05, 4.69) is 38.5 Å². The molecule has 1 heterocycles. The molecule has 0 aromatic heterocycles. The third kappa shape index (κ3) is 8.85. The first kappa shape index (κ1) is 22.0. The molecule has 1 aliphatic rings. The number of hydrazine groups is 1. The van der Waals surface area contributed by atoms with E-state index < -0.39 is 0 Å². The van der Waals surface area contributed by atoms with Gasteiger partial charge in [0.1, 0.15) is 0 Å². The molecule has 0 saturated carbocycles. The summed E-state index contributed by atoms with van der Waals surface area (Å²) in [5.41, 5.74) is 7.08. The van der Waals surface area contributed by atoms with Gasteiger partial charge in [-0.25, -0.2) is 0 Å². The van der Waals surface area contributed by atoms with Crippen molar-refractivity contribution in [2.45, 2.75) is 130 Å². The zero-order valence-corrected chi connectivity index (χ0v) is 17.2. The van der Waals surface area contributed by atoms with Crippen molar-refractivity contribution in [2.75, 3.05) is 0 Å². The predicted octanol–water partition coefficient (Wildman–Crippen LogP) is 6.60. The highest BCUT2D eigenvalue weighted by atomic mass is 15.4. The lowest BCUT2D eigenvalue weighted by Gasteiger charge is -2.42. The van der Waals surface area contributed by atoms with Gasteiger partial charge in [0.25, 0.3) is 0 Å². The molecule has 0 amide bonds. The first-order valence-corrected chi connectivity index (χ1v) is 11.2. The normalized spacial score (nSPS) is 27.5. The number of hydrogen-bond acceptors (Lipinski definition) is 2. The molecule has 1 fully saturated rings. The summed E-state index contributed by atoms with van der Waals surface area (Å²) in [6.45, 7) is 9.37. The Labute approximate surface area is 152 Å². The van der Waals surface area contributed by atoms with Gasteiger partial charge in [0, 0.05) is 12.1 Å². The molecule has 0 spiro atoms. The van der Waals surface area contributed by atoms with Gasteiger partial charge in [-0.3, -0.25) is 10.9 Å². The van der Waals surface area contributed by atoms with E-state index in [0.29, 0.717) is 12.1 Å². The molecule has 1 saturated heterocycles. The van der Waals surface area contributed by atoms with Gasteiger partial charge in [0.05, 0.1) is 0 Å². The fraction of sp³-hybridized carbons (Fsp3) is 1.00. The van der Waals surface area contributed by atoms with E-state index in [9.17, 15) is 0 Å². The first-order chi connectivity index (χ1) is 11.7. The standard InChI is InChI=1S/C22H46N2/c1-5-7-9-11-13-15-17-21-19(3)23-24-20(4)22(21)18-16-14-12-10-8-6-2/h19-24H,5-18H2,1-4H3. The minimum atomic E-state index is 0.627. The molecule has 0 aromatic carbocycles. The highest BCUT2D eigenvalue weighted by Crippen LogP contribution is 2.32. The molecule has 2 N–H and O–H groups in total. The summed E-state index contributed by atoms with van der Waals surface area (Å²) < 4.78 is 0. The van der Waals surface area contributed by atoms with Crippen molar-refractivity contribution in [2.24, 2.45) is 11.8 Å².